The van der Waals surface area contributed by atoms with Crippen molar-refractivity contribution in [2.24, 2.45) is 5.92 Å². The molecule has 0 radical (unpaired) electrons. The van der Waals surface area contributed by atoms with Crippen molar-refractivity contribution in [2.45, 2.75) is 12.8 Å². The Bertz CT molecular complexity index is 567. The molecule has 1 N–H and O–H groups in total. The maximum absolute atomic E-state index is 12.2. The van der Waals surface area contributed by atoms with Crippen molar-refractivity contribution in [3.05, 3.63) is 41.1 Å². The quantitative estimate of drug-likeness (QED) is 0.832. The van der Waals surface area contributed by atoms with E-state index in [1.165, 1.54) is 0 Å². The summed E-state index contributed by atoms with van der Waals surface area (Å²) in [6.07, 6.45) is 3.93. The number of rotatable bonds is 2. The first kappa shape index (κ1) is 12.9. The second-order valence-corrected chi connectivity index (χ2v) is 5.36. The smallest absolute Gasteiger partial charge is 0.251 e. The molecule has 2 bridgehead atoms. The lowest BCUT2D eigenvalue weighted by atomic mass is 9.84. The minimum Gasteiger partial charge on any atom is -0.369 e. The number of carbonyl (C=O) groups is 2. The third-order valence-corrected chi connectivity index (χ3v) is 4.16. The van der Waals surface area contributed by atoms with Crippen LogP contribution >= 0.6 is 0 Å². The molecule has 0 aliphatic carbocycles. The second-order valence-electron chi connectivity index (χ2n) is 5.36. The number of nitrogens with one attached hydrogen (secondary N) is 1. The minimum atomic E-state index is -0.0965. The van der Waals surface area contributed by atoms with Crippen molar-refractivity contribution in [1.29, 1.82) is 0 Å². The molecule has 1 aromatic carbocycles. The standard InChI is InChI=1S/C16H18N2O2/c1-17-16(20)13-4-2-11(3-5-13)10-14-15(19)12-6-8-18(14)9-7-12/h2-5,10,12H,6-9H2,1H3,(H,17,20)/b14-10-. The molecule has 3 aliphatic heterocycles. The van der Waals surface area contributed by atoms with E-state index in [-0.39, 0.29) is 17.6 Å². The van der Waals surface area contributed by atoms with Gasteiger partial charge >= 0.3 is 0 Å². The monoisotopic (exact) mass is 270 g/mol. The van der Waals surface area contributed by atoms with Gasteiger partial charge in [-0.05, 0) is 36.6 Å². The van der Waals surface area contributed by atoms with Crippen molar-refractivity contribution >= 4 is 17.8 Å². The maximum atomic E-state index is 12.2. The van der Waals surface area contributed by atoms with Gasteiger partial charge in [0.15, 0.2) is 5.78 Å². The summed E-state index contributed by atoms with van der Waals surface area (Å²) in [6, 6.07) is 7.33. The highest BCUT2D eigenvalue weighted by Crippen LogP contribution is 2.32. The summed E-state index contributed by atoms with van der Waals surface area (Å²) in [5.74, 6) is 0.398. The number of allylic oxidation sites excluding steroid dienone is 1. The van der Waals surface area contributed by atoms with Crippen LogP contribution in [0.4, 0.5) is 0 Å². The average molecular weight is 270 g/mol. The summed E-state index contributed by atoms with van der Waals surface area (Å²) in [5.41, 5.74) is 2.43. The normalized spacial score (nSPS) is 20.6. The Balaban J connectivity index is 1.85. The van der Waals surface area contributed by atoms with Gasteiger partial charge in [0.1, 0.15) is 0 Å². The number of carbonyl (C=O) groups excluding carboxylic acids is 2. The molecule has 0 atom stereocenters. The topological polar surface area (TPSA) is 49.4 Å². The molecule has 3 fully saturated rings. The van der Waals surface area contributed by atoms with Crippen LogP contribution < -0.4 is 5.32 Å². The van der Waals surface area contributed by atoms with Crippen molar-refractivity contribution in [3.8, 4) is 0 Å². The van der Waals surface area contributed by atoms with E-state index in [4.69, 9.17) is 0 Å². The van der Waals surface area contributed by atoms with Gasteiger partial charge in [-0.2, -0.15) is 0 Å². The van der Waals surface area contributed by atoms with E-state index in [1.54, 1.807) is 19.2 Å². The summed E-state index contributed by atoms with van der Waals surface area (Å²) < 4.78 is 0. The zero-order valence-corrected chi connectivity index (χ0v) is 11.6. The second kappa shape index (κ2) is 5.12. The number of ketones is 1. The summed E-state index contributed by atoms with van der Waals surface area (Å²) in [4.78, 5) is 25.9. The van der Waals surface area contributed by atoms with Gasteiger partial charge in [0.25, 0.3) is 5.91 Å². The number of hydrogen-bond donors (Lipinski definition) is 1. The number of benzene rings is 1. The summed E-state index contributed by atoms with van der Waals surface area (Å²) in [5, 5.41) is 2.59. The lowest BCUT2D eigenvalue weighted by Crippen LogP contribution is -2.45. The fourth-order valence-corrected chi connectivity index (χ4v) is 2.94. The molecule has 4 heteroatoms. The number of Topliss-reactive ketones (excluding diaryl/α,β-unsaturated/α-hetero) is 1. The largest absolute Gasteiger partial charge is 0.369 e. The Kier molecular flexibility index (Phi) is 3.30. The number of hydrogen-bond acceptors (Lipinski definition) is 3. The molecular weight excluding hydrogens is 252 g/mol. The van der Waals surface area contributed by atoms with Crippen LogP contribution in [0.15, 0.2) is 30.0 Å². The molecule has 104 valence electrons. The van der Waals surface area contributed by atoms with Crippen LogP contribution in [0.1, 0.15) is 28.8 Å². The van der Waals surface area contributed by atoms with Crippen molar-refractivity contribution < 1.29 is 9.59 Å². The Morgan fingerprint density at radius 1 is 1.25 bits per heavy atom. The van der Waals surface area contributed by atoms with E-state index in [1.807, 2.05) is 18.2 Å². The van der Waals surface area contributed by atoms with Crippen LogP contribution in [-0.4, -0.2) is 36.7 Å². The first-order valence-corrected chi connectivity index (χ1v) is 7.02. The summed E-state index contributed by atoms with van der Waals surface area (Å²) >= 11 is 0. The first-order valence-electron chi connectivity index (χ1n) is 7.02. The van der Waals surface area contributed by atoms with Gasteiger partial charge < -0.3 is 10.2 Å². The molecule has 3 heterocycles. The lowest BCUT2D eigenvalue weighted by Gasteiger charge is -2.41. The zero-order valence-electron chi connectivity index (χ0n) is 11.6. The Morgan fingerprint density at radius 3 is 2.45 bits per heavy atom. The van der Waals surface area contributed by atoms with Crippen LogP contribution in [-0.2, 0) is 4.79 Å². The Morgan fingerprint density at radius 2 is 1.90 bits per heavy atom. The third-order valence-electron chi connectivity index (χ3n) is 4.16. The van der Waals surface area contributed by atoms with Gasteiger partial charge in [0, 0.05) is 31.6 Å². The number of amides is 1. The molecule has 4 nitrogen and oxygen atoms in total. The predicted octanol–water partition coefficient (Wildman–Crippen LogP) is 1.68. The number of piperidine rings is 3. The van der Waals surface area contributed by atoms with Crippen LogP contribution in [0.25, 0.3) is 6.08 Å². The van der Waals surface area contributed by atoms with Gasteiger partial charge in [0.2, 0.25) is 0 Å². The van der Waals surface area contributed by atoms with Crippen molar-refractivity contribution in [2.75, 3.05) is 20.1 Å². The van der Waals surface area contributed by atoms with E-state index in [0.29, 0.717) is 5.56 Å². The molecular formula is C16H18N2O2. The molecule has 3 saturated heterocycles. The molecule has 20 heavy (non-hydrogen) atoms. The van der Waals surface area contributed by atoms with E-state index in [2.05, 4.69) is 10.2 Å². The third kappa shape index (κ3) is 2.22. The van der Waals surface area contributed by atoms with Gasteiger partial charge in [-0.1, -0.05) is 12.1 Å². The zero-order chi connectivity index (χ0) is 14.1. The van der Waals surface area contributed by atoms with Crippen molar-refractivity contribution in [1.82, 2.24) is 10.2 Å². The molecule has 0 unspecified atom stereocenters. The maximum Gasteiger partial charge on any atom is 0.251 e. The van der Waals surface area contributed by atoms with Crippen molar-refractivity contribution in [3.63, 3.8) is 0 Å². The highest BCUT2D eigenvalue weighted by Gasteiger charge is 2.36. The van der Waals surface area contributed by atoms with E-state index < -0.39 is 0 Å². The molecule has 3 aliphatic rings. The summed E-state index contributed by atoms with van der Waals surface area (Å²) in [7, 11) is 1.61. The molecule has 0 spiro atoms. The number of nitrogens with zero attached hydrogens (tertiary/aromatic N) is 1. The van der Waals surface area contributed by atoms with Gasteiger partial charge in [0.05, 0.1) is 5.70 Å². The fourth-order valence-electron chi connectivity index (χ4n) is 2.94. The Labute approximate surface area is 118 Å². The van der Waals surface area contributed by atoms with Gasteiger partial charge in [-0.15, -0.1) is 0 Å². The number of fused-ring (bicyclic) bond motifs is 3. The van der Waals surface area contributed by atoms with Gasteiger partial charge in [-0.3, -0.25) is 9.59 Å². The Hall–Kier alpha value is -2.10. The SMILES string of the molecule is CNC(=O)c1ccc(/C=C2/C(=O)C3CCN2CC3)cc1. The molecule has 1 aromatic rings. The van der Waals surface area contributed by atoms with Crippen LogP contribution in [0.3, 0.4) is 0 Å². The predicted molar refractivity (Wildman–Crippen MR) is 77.1 cm³/mol. The fraction of sp³-hybridized carbons (Fsp3) is 0.375. The van der Waals surface area contributed by atoms with Crippen LogP contribution in [0.2, 0.25) is 0 Å². The van der Waals surface area contributed by atoms with E-state index in [0.717, 1.165) is 37.2 Å². The van der Waals surface area contributed by atoms with Crippen LogP contribution in [0, 0.1) is 5.92 Å². The molecule has 0 aromatic heterocycles. The van der Waals surface area contributed by atoms with Gasteiger partial charge in [-0.25, -0.2) is 0 Å². The molecule has 4 rings (SSSR count). The summed E-state index contributed by atoms with van der Waals surface area (Å²) in [6.45, 7) is 1.97. The highest BCUT2D eigenvalue weighted by atomic mass is 16.1. The van der Waals surface area contributed by atoms with Crippen LogP contribution in [0.5, 0.6) is 0 Å². The van der Waals surface area contributed by atoms with E-state index >= 15 is 0 Å². The average Bonchev–Trinajstić information content (AvgIpc) is 2.51. The first-order chi connectivity index (χ1) is 9.69. The molecule has 1 amide bonds. The van der Waals surface area contributed by atoms with E-state index in [9.17, 15) is 9.59 Å². The highest BCUT2D eigenvalue weighted by molar-refractivity contribution is 6.02. The molecule has 0 saturated carbocycles. The minimum absolute atomic E-state index is 0.0965. The lowest BCUT2D eigenvalue weighted by molar-refractivity contribution is -0.125.